The number of unbranched alkanes of at least 4 members (excludes halogenated alkanes) is 3. The van der Waals surface area contributed by atoms with Crippen LogP contribution >= 0.6 is 0 Å². The molecule has 0 amide bonds. The van der Waals surface area contributed by atoms with E-state index in [1.807, 2.05) is 18.2 Å². The van der Waals surface area contributed by atoms with Crippen LogP contribution in [0.4, 0.5) is 0 Å². The SMILES string of the molecule is CCCCC[C@H](O)/C=C/[C@@H]1C2C/C(=C/CCCC(=O)O)O[C@H]2C[C@H]1O. The minimum Gasteiger partial charge on any atom is -0.495 e. The van der Waals surface area contributed by atoms with Crippen LogP contribution in [0, 0.1) is 11.8 Å². The van der Waals surface area contributed by atoms with Crippen molar-refractivity contribution in [2.75, 3.05) is 0 Å². The second-order valence-corrected chi connectivity index (χ2v) is 7.31. The van der Waals surface area contributed by atoms with Gasteiger partial charge < -0.3 is 20.1 Å². The van der Waals surface area contributed by atoms with Gasteiger partial charge in [-0.05, 0) is 25.3 Å². The third-order valence-corrected chi connectivity index (χ3v) is 5.26. The van der Waals surface area contributed by atoms with Crippen molar-refractivity contribution in [1.29, 1.82) is 0 Å². The molecule has 5 nitrogen and oxygen atoms in total. The normalized spacial score (nSPS) is 31.4. The minimum absolute atomic E-state index is 0.0238. The van der Waals surface area contributed by atoms with Crippen LogP contribution in [-0.4, -0.2) is 39.6 Å². The molecule has 1 saturated carbocycles. The zero-order valence-electron chi connectivity index (χ0n) is 15.1. The Morgan fingerprint density at radius 2 is 2.16 bits per heavy atom. The second-order valence-electron chi connectivity index (χ2n) is 7.31. The van der Waals surface area contributed by atoms with Crippen LogP contribution < -0.4 is 0 Å². The van der Waals surface area contributed by atoms with Crippen molar-refractivity contribution < 1.29 is 24.9 Å². The highest BCUT2D eigenvalue weighted by molar-refractivity contribution is 5.66. The lowest BCUT2D eigenvalue weighted by molar-refractivity contribution is -0.137. The predicted octanol–water partition coefficient (Wildman–Crippen LogP) is 3.41. The van der Waals surface area contributed by atoms with Crippen LogP contribution in [0.15, 0.2) is 24.0 Å². The summed E-state index contributed by atoms with van der Waals surface area (Å²) in [5, 5.41) is 29.0. The Balaban J connectivity index is 1.83. The maximum Gasteiger partial charge on any atom is 0.303 e. The van der Waals surface area contributed by atoms with E-state index in [9.17, 15) is 15.0 Å². The summed E-state index contributed by atoms with van der Waals surface area (Å²) < 4.78 is 5.94. The van der Waals surface area contributed by atoms with Gasteiger partial charge in [0.1, 0.15) is 6.10 Å². The van der Waals surface area contributed by atoms with E-state index in [2.05, 4.69) is 6.92 Å². The molecule has 3 N–H and O–H groups in total. The lowest BCUT2D eigenvalue weighted by Gasteiger charge is -2.16. The fraction of sp³-hybridized carbons (Fsp3) is 0.750. The first-order valence-electron chi connectivity index (χ1n) is 9.63. The van der Waals surface area contributed by atoms with Crippen molar-refractivity contribution in [3.8, 4) is 0 Å². The number of hydrogen-bond acceptors (Lipinski definition) is 4. The number of aliphatic hydroxyl groups excluding tert-OH is 2. The quantitative estimate of drug-likeness (QED) is 0.414. The lowest BCUT2D eigenvalue weighted by Crippen LogP contribution is -2.18. The minimum atomic E-state index is -0.770. The molecule has 1 heterocycles. The van der Waals surface area contributed by atoms with Crippen LogP contribution in [0.25, 0.3) is 0 Å². The van der Waals surface area contributed by atoms with E-state index in [1.165, 1.54) is 0 Å². The molecule has 1 aliphatic carbocycles. The molecule has 1 saturated heterocycles. The van der Waals surface area contributed by atoms with Gasteiger partial charge in [0.15, 0.2) is 0 Å². The van der Waals surface area contributed by atoms with Crippen LogP contribution in [0.2, 0.25) is 0 Å². The van der Waals surface area contributed by atoms with Gasteiger partial charge in [-0.25, -0.2) is 0 Å². The van der Waals surface area contributed by atoms with E-state index in [0.717, 1.165) is 37.9 Å². The number of rotatable bonds is 10. The van der Waals surface area contributed by atoms with Gasteiger partial charge >= 0.3 is 5.97 Å². The fourth-order valence-corrected chi connectivity index (χ4v) is 3.86. The number of aliphatic hydroxyl groups is 2. The summed E-state index contributed by atoms with van der Waals surface area (Å²) in [7, 11) is 0. The number of hydrogen-bond donors (Lipinski definition) is 3. The Morgan fingerprint density at radius 1 is 1.36 bits per heavy atom. The molecular weight excluding hydrogens is 320 g/mol. The maximum atomic E-state index is 10.5. The molecule has 0 spiro atoms. The van der Waals surface area contributed by atoms with Gasteiger partial charge in [0.25, 0.3) is 0 Å². The molecule has 0 aromatic heterocycles. The van der Waals surface area contributed by atoms with E-state index in [1.54, 1.807) is 0 Å². The largest absolute Gasteiger partial charge is 0.495 e. The number of carbonyl (C=O) groups is 1. The van der Waals surface area contributed by atoms with Crippen molar-refractivity contribution in [3.63, 3.8) is 0 Å². The molecule has 5 heteroatoms. The maximum absolute atomic E-state index is 10.5. The van der Waals surface area contributed by atoms with Crippen molar-refractivity contribution in [1.82, 2.24) is 0 Å². The first kappa shape index (κ1) is 20.0. The van der Waals surface area contributed by atoms with Gasteiger partial charge in [-0.15, -0.1) is 0 Å². The van der Waals surface area contributed by atoms with E-state index in [0.29, 0.717) is 19.3 Å². The Hall–Kier alpha value is -1.33. The third-order valence-electron chi connectivity index (χ3n) is 5.26. The summed E-state index contributed by atoms with van der Waals surface area (Å²) in [6.07, 6.45) is 12.0. The van der Waals surface area contributed by atoms with Crippen molar-refractivity contribution in [2.45, 2.75) is 83.0 Å². The highest BCUT2D eigenvalue weighted by Crippen LogP contribution is 2.45. The number of fused-ring (bicyclic) bond motifs is 1. The van der Waals surface area contributed by atoms with E-state index < -0.39 is 18.2 Å². The van der Waals surface area contributed by atoms with Gasteiger partial charge in [0, 0.05) is 31.1 Å². The monoisotopic (exact) mass is 352 g/mol. The summed E-state index contributed by atoms with van der Waals surface area (Å²) in [5.41, 5.74) is 0. The molecular formula is C20H32O5. The van der Waals surface area contributed by atoms with Gasteiger partial charge in [0.05, 0.1) is 18.0 Å². The van der Waals surface area contributed by atoms with E-state index in [-0.39, 0.29) is 24.4 Å². The second kappa shape index (κ2) is 9.97. The molecule has 0 aromatic carbocycles. The molecule has 25 heavy (non-hydrogen) atoms. The Bertz CT molecular complexity index is 484. The Labute approximate surface area is 150 Å². The molecule has 2 aliphatic rings. The fourth-order valence-electron chi connectivity index (χ4n) is 3.86. The number of carboxylic acids is 1. The van der Waals surface area contributed by atoms with Crippen molar-refractivity contribution >= 4 is 5.97 Å². The number of allylic oxidation sites excluding steroid dienone is 2. The van der Waals surface area contributed by atoms with Crippen molar-refractivity contribution in [3.05, 3.63) is 24.0 Å². The summed E-state index contributed by atoms with van der Waals surface area (Å²) in [5.74, 6) is 0.429. The number of carboxylic acid groups (broad SMARTS) is 1. The molecule has 1 unspecified atom stereocenters. The molecule has 5 atom stereocenters. The van der Waals surface area contributed by atoms with Crippen LogP contribution in [0.3, 0.4) is 0 Å². The van der Waals surface area contributed by atoms with Gasteiger partial charge in [-0.2, -0.15) is 0 Å². The standard InChI is InChI=1S/C20H32O5/c1-2-3-4-7-14(21)10-11-16-17-12-15(8-5-6-9-20(23)24)25-19(17)13-18(16)22/h8,10-11,14,16-19,21-22H,2-7,9,12-13H2,1H3,(H,23,24)/b11-10+,15-8-/t14-,16+,17?,18+,19-/m0/s1. The van der Waals surface area contributed by atoms with Gasteiger partial charge in [0.2, 0.25) is 0 Å². The summed E-state index contributed by atoms with van der Waals surface area (Å²) >= 11 is 0. The first-order chi connectivity index (χ1) is 12.0. The molecule has 142 valence electrons. The van der Waals surface area contributed by atoms with E-state index in [4.69, 9.17) is 9.84 Å². The highest BCUT2D eigenvalue weighted by Gasteiger charge is 2.46. The van der Waals surface area contributed by atoms with E-state index >= 15 is 0 Å². The topological polar surface area (TPSA) is 87.0 Å². The first-order valence-corrected chi connectivity index (χ1v) is 9.63. The van der Waals surface area contributed by atoms with Crippen LogP contribution in [0.1, 0.15) is 64.7 Å². The Morgan fingerprint density at radius 3 is 2.88 bits per heavy atom. The summed E-state index contributed by atoms with van der Waals surface area (Å²) in [4.78, 5) is 10.5. The highest BCUT2D eigenvalue weighted by atomic mass is 16.5. The molecule has 2 rings (SSSR count). The van der Waals surface area contributed by atoms with Crippen molar-refractivity contribution in [2.24, 2.45) is 11.8 Å². The lowest BCUT2D eigenvalue weighted by atomic mass is 9.90. The van der Waals surface area contributed by atoms with Gasteiger partial charge in [-0.1, -0.05) is 38.3 Å². The molecule has 0 aromatic rings. The number of aliphatic carboxylic acids is 1. The third kappa shape index (κ3) is 6.15. The molecule has 1 aliphatic heterocycles. The smallest absolute Gasteiger partial charge is 0.303 e. The average Bonchev–Trinajstić information content (AvgIpc) is 3.06. The zero-order valence-corrected chi connectivity index (χ0v) is 15.1. The van der Waals surface area contributed by atoms with Gasteiger partial charge in [-0.3, -0.25) is 4.79 Å². The molecule has 0 radical (unpaired) electrons. The summed E-state index contributed by atoms with van der Waals surface area (Å²) in [6.45, 7) is 2.14. The average molecular weight is 352 g/mol. The zero-order chi connectivity index (χ0) is 18.2. The summed E-state index contributed by atoms with van der Waals surface area (Å²) in [6, 6.07) is 0. The number of ether oxygens (including phenoxy) is 1. The van der Waals surface area contributed by atoms with Crippen LogP contribution in [0.5, 0.6) is 0 Å². The predicted molar refractivity (Wildman–Crippen MR) is 96.0 cm³/mol. The Kier molecular flexibility index (Phi) is 7.97. The molecule has 2 fully saturated rings. The van der Waals surface area contributed by atoms with Crippen LogP contribution in [-0.2, 0) is 9.53 Å². The molecule has 0 bridgehead atoms.